The predicted molar refractivity (Wildman–Crippen MR) is 124 cm³/mol. The van der Waals surface area contributed by atoms with Gasteiger partial charge in [-0.2, -0.15) is 4.39 Å². The molecule has 0 bridgehead atoms. The molecule has 2 N–H and O–H groups in total. The van der Waals surface area contributed by atoms with Gasteiger partial charge in [0.25, 0.3) is 0 Å². The molecule has 0 unspecified atom stereocenters. The maximum Gasteiger partial charge on any atom is 0.225 e. The Morgan fingerprint density at radius 2 is 1.88 bits per heavy atom. The normalized spacial score (nSPS) is 17.6. The van der Waals surface area contributed by atoms with Crippen LogP contribution in [-0.4, -0.2) is 45.0 Å². The average Bonchev–Trinajstić information content (AvgIpc) is 3.36. The lowest BCUT2D eigenvalue weighted by Crippen LogP contribution is -2.44. The van der Waals surface area contributed by atoms with E-state index >= 15 is 0 Å². The number of ether oxygens (including phenoxy) is 1. The summed E-state index contributed by atoms with van der Waals surface area (Å²) in [5.74, 6) is 1.45. The number of hydrogen-bond acceptors (Lipinski definition) is 6. The summed E-state index contributed by atoms with van der Waals surface area (Å²) in [5.41, 5.74) is 8.29. The average molecular weight is 450 g/mol. The first-order valence-corrected chi connectivity index (χ1v) is 11.6. The lowest BCUT2D eigenvalue weighted by molar-refractivity contribution is -0.137. The highest BCUT2D eigenvalue weighted by atomic mass is 19.1. The van der Waals surface area contributed by atoms with Crippen molar-refractivity contribution in [3.63, 3.8) is 0 Å². The Balaban J connectivity index is 1.26. The number of nitrogen functional groups attached to an aromatic ring is 1. The maximum atomic E-state index is 13.4. The van der Waals surface area contributed by atoms with Crippen molar-refractivity contribution in [1.82, 2.24) is 19.9 Å². The first kappa shape index (κ1) is 21.6. The first-order valence-electron chi connectivity index (χ1n) is 11.6. The van der Waals surface area contributed by atoms with Crippen molar-refractivity contribution >= 4 is 22.6 Å². The largest absolute Gasteiger partial charge is 0.490 e. The number of hydrogen-bond donors (Lipinski definition) is 1. The van der Waals surface area contributed by atoms with Gasteiger partial charge in [0, 0.05) is 48.9 Å². The molecule has 0 atom stereocenters. The summed E-state index contributed by atoms with van der Waals surface area (Å²) in [4.78, 5) is 27.2. The lowest BCUT2D eigenvalue weighted by atomic mass is 10.0. The second-order valence-corrected chi connectivity index (χ2v) is 9.06. The van der Waals surface area contributed by atoms with Crippen LogP contribution in [0, 0.1) is 18.8 Å². The molecule has 2 aromatic heterocycles. The van der Waals surface area contributed by atoms with Crippen molar-refractivity contribution < 1.29 is 13.9 Å². The smallest absolute Gasteiger partial charge is 0.225 e. The highest BCUT2D eigenvalue weighted by Gasteiger charge is 2.30. The van der Waals surface area contributed by atoms with Gasteiger partial charge >= 0.3 is 0 Å². The summed E-state index contributed by atoms with van der Waals surface area (Å²) in [6.07, 6.45) is 7.58. The zero-order valence-corrected chi connectivity index (χ0v) is 18.8. The van der Waals surface area contributed by atoms with E-state index in [0.717, 1.165) is 55.6 Å². The summed E-state index contributed by atoms with van der Waals surface area (Å²) in [6, 6.07) is 7.03. The minimum absolute atomic E-state index is 0.0933. The van der Waals surface area contributed by atoms with E-state index in [9.17, 15) is 9.18 Å². The van der Waals surface area contributed by atoms with E-state index in [0.29, 0.717) is 22.6 Å². The molecule has 3 aromatic rings. The minimum atomic E-state index is -0.614. The molecule has 2 fully saturated rings. The van der Waals surface area contributed by atoms with Crippen LogP contribution < -0.4 is 10.5 Å². The number of aryl methyl sites for hydroxylation is 1. The van der Waals surface area contributed by atoms with Crippen LogP contribution in [0.25, 0.3) is 22.3 Å². The third-order valence-electron chi connectivity index (χ3n) is 6.76. The SMILES string of the molecule is Cc1cc(-c2nc(N)c3cc(F)ncc3n2)ccc1OC1CCN(C(=O)C2CCCC2)CC1. The Morgan fingerprint density at radius 1 is 1.12 bits per heavy atom. The lowest BCUT2D eigenvalue weighted by Gasteiger charge is -2.34. The summed E-state index contributed by atoms with van der Waals surface area (Å²) >= 11 is 0. The Bertz CT molecular complexity index is 1190. The number of likely N-dealkylation sites (tertiary alicyclic amines) is 1. The quantitative estimate of drug-likeness (QED) is 0.598. The third-order valence-corrected chi connectivity index (χ3v) is 6.76. The second kappa shape index (κ2) is 8.92. The molecule has 0 radical (unpaired) electrons. The molecule has 1 saturated heterocycles. The summed E-state index contributed by atoms with van der Waals surface area (Å²) in [7, 11) is 0. The Labute approximate surface area is 192 Å². The van der Waals surface area contributed by atoms with Crippen molar-refractivity contribution in [3.8, 4) is 17.1 Å². The first-order chi connectivity index (χ1) is 16.0. The number of halogens is 1. The van der Waals surface area contributed by atoms with Crippen molar-refractivity contribution in [2.24, 2.45) is 5.92 Å². The maximum absolute atomic E-state index is 13.4. The molecule has 5 rings (SSSR count). The van der Waals surface area contributed by atoms with Gasteiger partial charge in [-0.15, -0.1) is 0 Å². The van der Waals surface area contributed by atoms with Crippen LogP contribution in [0.3, 0.4) is 0 Å². The number of aromatic nitrogens is 3. The van der Waals surface area contributed by atoms with Crippen LogP contribution in [-0.2, 0) is 4.79 Å². The minimum Gasteiger partial charge on any atom is -0.490 e. The molecule has 172 valence electrons. The molecule has 1 aliphatic carbocycles. The fourth-order valence-corrected chi connectivity index (χ4v) is 4.88. The molecule has 7 nitrogen and oxygen atoms in total. The van der Waals surface area contributed by atoms with Crippen LogP contribution in [0.1, 0.15) is 44.1 Å². The van der Waals surface area contributed by atoms with E-state index in [-0.39, 0.29) is 17.8 Å². The van der Waals surface area contributed by atoms with Crippen molar-refractivity contribution in [2.45, 2.75) is 51.6 Å². The number of piperidine rings is 1. The van der Waals surface area contributed by atoms with Crippen molar-refractivity contribution in [1.29, 1.82) is 0 Å². The van der Waals surface area contributed by atoms with Gasteiger partial charge in [0.15, 0.2) is 5.82 Å². The predicted octanol–water partition coefficient (Wildman–Crippen LogP) is 4.28. The van der Waals surface area contributed by atoms with Gasteiger partial charge in [-0.3, -0.25) is 4.79 Å². The van der Waals surface area contributed by atoms with Gasteiger partial charge in [-0.05, 0) is 43.5 Å². The van der Waals surface area contributed by atoms with Crippen LogP contribution in [0.2, 0.25) is 0 Å². The van der Waals surface area contributed by atoms with Gasteiger partial charge in [-0.1, -0.05) is 12.8 Å². The molecular formula is C25H28FN5O2. The van der Waals surface area contributed by atoms with E-state index in [1.165, 1.54) is 25.1 Å². The van der Waals surface area contributed by atoms with Gasteiger partial charge in [0.1, 0.15) is 17.7 Å². The zero-order chi connectivity index (χ0) is 22.9. The van der Waals surface area contributed by atoms with E-state index in [4.69, 9.17) is 10.5 Å². The summed E-state index contributed by atoms with van der Waals surface area (Å²) in [5, 5.41) is 0.445. The number of nitrogens with two attached hydrogens (primary N) is 1. The molecule has 0 spiro atoms. The molecule has 1 aliphatic heterocycles. The van der Waals surface area contributed by atoms with Gasteiger partial charge in [0.2, 0.25) is 11.9 Å². The van der Waals surface area contributed by atoms with E-state index in [2.05, 4.69) is 15.0 Å². The molecule has 33 heavy (non-hydrogen) atoms. The summed E-state index contributed by atoms with van der Waals surface area (Å²) in [6.45, 7) is 3.50. The fourth-order valence-electron chi connectivity index (χ4n) is 4.88. The molecular weight excluding hydrogens is 421 g/mol. The molecule has 3 heterocycles. The van der Waals surface area contributed by atoms with E-state index < -0.39 is 5.95 Å². The van der Waals surface area contributed by atoms with Crippen molar-refractivity contribution in [3.05, 3.63) is 42.0 Å². The third kappa shape index (κ3) is 4.47. The number of amides is 1. The van der Waals surface area contributed by atoms with Crippen LogP contribution in [0.4, 0.5) is 10.2 Å². The number of anilines is 1. The number of nitrogens with zero attached hydrogens (tertiary/aromatic N) is 4. The number of benzene rings is 1. The topological polar surface area (TPSA) is 94.2 Å². The number of rotatable bonds is 4. The van der Waals surface area contributed by atoms with Gasteiger partial charge in [0.05, 0.1) is 11.7 Å². The number of pyridine rings is 1. The Kier molecular flexibility index (Phi) is 5.83. The Morgan fingerprint density at radius 3 is 2.61 bits per heavy atom. The van der Waals surface area contributed by atoms with E-state index in [1.807, 2.05) is 30.0 Å². The monoisotopic (exact) mass is 449 g/mol. The molecule has 2 aliphatic rings. The second-order valence-electron chi connectivity index (χ2n) is 9.06. The highest BCUT2D eigenvalue weighted by Crippen LogP contribution is 2.30. The Hall–Kier alpha value is -3.29. The number of fused-ring (bicyclic) bond motifs is 1. The zero-order valence-electron chi connectivity index (χ0n) is 18.8. The van der Waals surface area contributed by atoms with Crippen molar-refractivity contribution in [2.75, 3.05) is 18.8 Å². The van der Waals surface area contributed by atoms with Crippen LogP contribution in [0.5, 0.6) is 5.75 Å². The van der Waals surface area contributed by atoms with Crippen LogP contribution >= 0.6 is 0 Å². The summed E-state index contributed by atoms with van der Waals surface area (Å²) < 4.78 is 19.7. The molecule has 1 amide bonds. The number of carbonyl (C=O) groups excluding carboxylic acids is 1. The molecule has 1 saturated carbocycles. The molecule has 8 heteroatoms. The van der Waals surface area contributed by atoms with Gasteiger partial charge in [-0.25, -0.2) is 15.0 Å². The fraction of sp³-hybridized carbons (Fsp3) is 0.440. The number of carbonyl (C=O) groups is 1. The van der Waals surface area contributed by atoms with E-state index in [1.54, 1.807) is 0 Å². The standard InChI is InChI=1S/C25H28FN5O2/c1-15-12-17(24-29-20-14-28-22(26)13-19(20)23(27)30-24)6-7-21(15)33-18-8-10-31(11-9-18)25(32)16-4-2-3-5-16/h6-7,12-14,16,18H,2-5,8-11H2,1H3,(H2,27,29,30). The molecule has 1 aromatic carbocycles. The van der Waals surface area contributed by atoms with Crippen LogP contribution in [0.15, 0.2) is 30.5 Å². The van der Waals surface area contributed by atoms with Gasteiger partial charge < -0.3 is 15.4 Å². The highest BCUT2D eigenvalue weighted by molar-refractivity contribution is 5.88.